The van der Waals surface area contributed by atoms with E-state index in [4.69, 9.17) is 0 Å². The molecule has 0 saturated heterocycles. The summed E-state index contributed by atoms with van der Waals surface area (Å²) in [6, 6.07) is 0.518. The zero-order chi connectivity index (χ0) is 18.7. The van der Waals surface area contributed by atoms with Crippen LogP contribution >= 0.6 is 24.0 Å². The van der Waals surface area contributed by atoms with Crippen LogP contribution in [0.2, 0.25) is 0 Å². The summed E-state index contributed by atoms with van der Waals surface area (Å²) in [5.74, 6) is 2.73. The molecule has 0 aliphatic carbocycles. The molecule has 10 heteroatoms. The van der Waals surface area contributed by atoms with Gasteiger partial charge in [0, 0.05) is 44.9 Å². The lowest BCUT2D eigenvalue weighted by Crippen LogP contribution is -2.48. The number of nitrogens with zero attached hydrogens (tertiary/aromatic N) is 7. The van der Waals surface area contributed by atoms with Gasteiger partial charge in [-0.3, -0.25) is 9.67 Å². The Labute approximate surface area is 177 Å². The second kappa shape index (κ2) is 9.49. The fourth-order valence-electron chi connectivity index (χ4n) is 3.34. The molecule has 150 valence electrons. The molecule has 3 rings (SSSR count). The number of guanidine groups is 1. The molecule has 0 amide bonds. The molecule has 3 heterocycles. The topological polar surface area (TPSA) is 88.2 Å². The highest BCUT2D eigenvalue weighted by Crippen LogP contribution is 2.16. The molecule has 2 unspecified atom stereocenters. The minimum absolute atomic E-state index is 0. The van der Waals surface area contributed by atoms with E-state index in [9.17, 15) is 0 Å². The first kappa shape index (κ1) is 21.6. The summed E-state index contributed by atoms with van der Waals surface area (Å²) in [5, 5.41) is 15.7. The monoisotopic (exact) mass is 487 g/mol. The van der Waals surface area contributed by atoms with Crippen LogP contribution in [0.25, 0.3) is 0 Å². The van der Waals surface area contributed by atoms with Crippen molar-refractivity contribution in [3.63, 3.8) is 0 Å². The third-order valence-corrected chi connectivity index (χ3v) is 4.72. The number of fused-ring (bicyclic) bond motifs is 1. The zero-order valence-corrected chi connectivity index (χ0v) is 19.0. The van der Waals surface area contributed by atoms with Gasteiger partial charge in [-0.1, -0.05) is 0 Å². The fraction of sp³-hybridized carbons (Fsp3) is 0.647. The van der Waals surface area contributed by atoms with Gasteiger partial charge in [-0.25, -0.2) is 9.67 Å². The predicted molar refractivity (Wildman–Crippen MR) is 116 cm³/mol. The van der Waals surface area contributed by atoms with Crippen molar-refractivity contribution in [2.24, 2.45) is 12.0 Å². The first-order valence-corrected chi connectivity index (χ1v) is 8.98. The van der Waals surface area contributed by atoms with Crippen molar-refractivity contribution in [1.82, 2.24) is 40.1 Å². The number of likely N-dealkylation sites (N-methyl/N-ethyl adjacent to an activating group) is 1. The number of rotatable bonds is 5. The summed E-state index contributed by atoms with van der Waals surface area (Å²) in [5.41, 5.74) is 1.18. The Balaban J connectivity index is 0.00000261. The lowest BCUT2D eigenvalue weighted by Gasteiger charge is -2.28. The standard InChI is InChI=1S/C17H29N9.HI/c1-12-21-16-7-6-14(11-26(16)23-12)22-17(18-2)19-9-15(24(3)4)13-8-20-25(5)10-13;/h8,10,14-15H,6-7,9,11H2,1-5H3,(H2,18,19,22);1H. The fourth-order valence-corrected chi connectivity index (χ4v) is 3.34. The molecule has 0 radical (unpaired) electrons. The molecular formula is C17H30IN9. The summed E-state index contributed by atoms with van der Waals surface area (Å²) in [7, 11) is 7.89. The highest BCUT2D eigenvalue weighted by molar-refractivity contribution is 14.0. The van der Waals surface area contributed by atoms with Crippen LogP contribution in [0.4, 0.5) is 0 Å². The number of halogens is 1. The quantitative estimate of drug-likeness (QED) is 0.367. The van der Waals surface area contributed by atoms with E-state index in [0.717, 1.165) is 43.5 Å². The molecule has 0 fully saturated rings. The van der Waals surface area contributed by atoms with Gasteiger partial charge in [0.25, 0.3) is 0 Å². The molecule has 0 spiro atoms. The number of hydrogen-bond donors (Lipinski definition) is 2. The largest absolute Gasteiger partial charge is 0.354 e. The normalized spacial score (nSPS) is 18.0. The van der Waals surface area contributed by atoms with Crippen LogP contribution in [-0.2, 0) is 20.0 Å². The van der Waals surface area contributed by atoms with Gasteiger partial charge in [0.05, 0.1) is 18.8 Å². The van der Waals surface area contributed by atoms with Crippen LogP contribution < -0.4 is 10.6 Å². The lowest BCUT2D eigenvalue weighted by molar-refractivity contribution is 0.297. The van der Waals surface area contributed by atoms with Gasteiger partial charge in [0.2, 0.25) is 0 Å². The van der Waals surface area contributed by atoms with Crippen LogP contribution in [0.5, 0.6) is 0 Å². The molecule has 2 N–H and O–H groups in total. The molecule has 27 heavy (non-hydrogen) atoms. The van der Waals surface area contributed by atoms with Crippen molar-refractivity contribution in [1.29, 1.82) is 0 Å². The van der Waals surface area contributed by atoms with E-state index < -0.39 is 0 Å². The van der Waals surface area contributed by atoms with Crippen molar-refractivity contribution in [2.75, 3.05) is 27.7 Å². The molecular weight excluding hydrogens is 457 g/mol. The van der Waals surface area contributed by atoms with Gasteiger partial charge in [-0.2, -0.15) is 10.2 Å². The number of aromatic nitrogens is 5. The van der Waals surface area contributed by atoms with E-state index in [0.29, 0.717) is 6.04 Å². The van der Waals surface area contributed by atoms with Gasteiger partial charge in [0.15, 0.2) is 5.96 Å². The zero-order valence-electron chi connectivity index (χ0n) is 16.7. The van der Waals surface area contributed by atoms with Crippen LogP contribution in [-0.4, -0.2) is 69.1 Å². The molecule has 1 aliphatic heterocycles. The van der Waals surface area contributed by atoms with E-state index >= 15 is 0 Å². The molecule has 2 aromatic heterocycles. The Morgan fingerprint density at radius 3 is 2.85 bits per heavy atom. The minimum atomic E-state index is 0. The van der Waals surface area contributed by atoms with E-state index in [2.05, 4.69) is 56.0 Å². The highest BCUT2D eigenvalue weighted by Gasteiger charge is 2.22. The lowest BCUT2D eigenvalue weighted by atomic mass is 10.1. The molecule has 1 aliphatic rings. The molecule has 9 nitrogen and oxygen atoms in total. The van der Waals surface area contributed by atoms with Crippen molar-refractivity contribution in [3.05, 3.63) is 29.6 Å². The first-order chi connectivity index (χ1) is 12.5. The van der Waals surface area contributed by atoms with E-state index in [1.165, 1.54) is 5.56 Å². The maximum atomic E-state index is 4.46. The Bertz CT molecular complexity index is 764. The van der Waals surface area contributed by atoms with Gasteiger partial charge in [-0.05, 0) is 27.4 Å². The average molecular weight is 487 g/mol. The van der Waals surface area contributed by atoms with Gasteiger partial charge in [-0.15, -0.1) is 24.0 Å². The van der Waals surface area contributed by atoms with Crippen LogP contribution in [0.15, 0.2) is 17.4 Å². The maximum Gasteiger partial charge on any atom is 0.191 e. The maximum absolute atomic E-state index is 4.46. The van der Waals surface area contributed by atoms with Gasteiger partial charge in [0.1, 0.15) is 11.6 Å². The van der Waals surface area contributed by atoms with Crippen molar-refractivity contribution in [2.45, 2.75) is 38.4 Å². The van der Waals surface area contributed by atoms with Crippen LogP contribution in [0.1, 0.15) is 29.7 Å². The molecule has 0 aromatic carbocycles. The first-order valence-electron chi connectivity index (χ1n) is 8.98. The summed E-state index contributed by atoms with van der Waals surface area (Å²) >= 11 is 0. The number of nitrogens with one attached hydrogen (secondary N) is 2. The van der Waals surface area contributed by atoms with E-state index in [1.807, 2.05) is 29.5 Å². The summed E-state index contributed by atoms with van der Waals surface area (Å²) in [6.07, 6.45) is 5.93. The molecule has 2 atom stereocenters. The number of hydrogen-bond acceptors (Lipinski definition) is 5. The average Bonchev–Trinajstić information content (AvgIpc) is 3.18. The third-order valence-electron chi connectivity index (χ3n) is 4.72. The molecule has 0 saturated carbocycles. The SMILES string of the molecule is CN=C(NCC(c1cnn(C)c1)N(C)C)NC1CCc2nc(C)nn2C1.I. The summed E-state index contributed by atoms with van der Waals surface area (Å²) in [4.78, 5) is 11.0. The van der Waals surface area contributed by atoms with Gasteiger partial charge >= 0.3 is 0 Å². The van der Waals surface area contributed by atoms with Crippen molar-refractivity contribution in [3.8, 4) is 0 Å². The van der Waals surface area contributed by atoms with Crippen LogP contribution in [0.3, 0.4) is 0 Å². The minimum Gasteiger partial charge on any atom is -0.354 e. The Kier molecular flexibility index (Phi) is 7.59. The Morgan fingerprint density at radius 2 is 2.22 bits per heavy atom. The van der Waals surface area contributed by atoms with E-state index in [1.54, 1.807) is 7.05 Å². The number of aliphatic imine (C=N–C) groups is 1. The molecule has 0 bridgehead atoms. The van der Waals surface area contributed by atoms with Crippen LogP contribution in [0, 0.1) is 6.92 Å². The smallest absolute Gasteiger partial charge is 0.191 e. The van der Waals surface area contributed by atoms with Crippen molar-refractivity contribution >= 4 is 29.9 Å². The Hall–Kier alpha value is -1.69. The van der Waals surface area contributed by atoms with Crippen molar-refractivity contribution < 1.29 is 0 Å². The van der Waals surface area contributed by atoms with E-state index in [-0.39, 0.29) is 30.0 Å². The Morgan fingerprint density at radius 1 is 1.44 bits per heavy atom. The second-order valence-corrected chi connectivity index (χ2v) is 7.02. The second-order valence-electron chi connectivity index (χ2n) is 7.02. The highest BCUT2D eigenvalue weighted by atomic mass is 127. The van der Waals surface area contributed by atoms with Gasteiger partial charge < -0.3 is 15.5 Å². The predicted octanol–water partition coefficient (Wildman–Crippen LogP) is 0.721. The molecule has 2 aromatic rings. The summed E-state index contributed by atoms with van der Waals surface area (Å²) in [6.45, 7) is 3.50. The number of aryl methyl sites for hydroxylation is 3. The summed E-state index contributed by atoms with van der Waals surface area (Å²) < 4.78 is 3.83. The third kappa shape index (κ3) is 5.41.